The molecule has 9 heteroatoms. The Morgan fingerprint density at radius 1 is 1.33 bits per heavy atom. The Morgan fingerprint density at radius 3 is 2.54 bits per heavy atom. The van der Waals surface area contributed by atoms with Crippen LogP contribution in [0, 0.1) is 5.39 Å². The van der Waals surface area contributed by atoms with Crippen LogP contribution in [0.4, 0.5) is 5.69 Å². The Kier molecular flexibility index (Phi) is 6.67. The summed E-state index contributed by atoms with van der Waals surface area (Å²) in [4.78, 5) is 38.1. The van der Waals surface area contributed by atoms with Crippen LogP contribution < -0.4 is 10.6 Å². The standard InChI is InChI=1S/C15H18N4O5/c1-8(15(23)24-3)17-14(22)13(18-9(2)20)7-10-6-11(21)4-5-12(10)19-16/h4-6,8,13H,7H2,1-3H3,(H2-,17,18,20,21,22)/p+1/t8-,13-/m0/s1. The molecule has 9 nitrogen and oxygen atoms in total. The van der Waals surface area contributed by atoms with E-state index in [1.807, 2.05) is 0 Å². The fourth-order valence-corrected chi connectivity index (χ4v) is 2.06. The molecule has 2 amide bonds. The zero-order chi connectivity index (χ0) is 18.3. The lowest BCUT2D eigenvalue weighted by atomic mass is 10.0. The maximum atomic E-state index is 12.3. The Balaban J connectivity index is 3.00. The number of phenols is 1. The third-order valence-electron chi connectivity index (χ3n) is 3.20. The number of amides is 2. The molecule has 0 heterocycles. The van der Waals surface area contributed by atoms with Crippen LogP contribution in [0.25, 0.3) is 4.98 Å². The number of carbonyl (C=O) groups is 3. The van der Waals surface area contributed by atoms with Gasteiger partial charge in [0.15, 0.2) is 4.98 Å². The second kappa shape index (κ2) is 8.47. The van der Waals surface area contributed by atoms with Gasteiger partial charge in [-0.15, -0.1) is 0 Å². The molecular formula is C15H19N4O5+. The van der Waals surface area contributed by atoms with E-state index in [2.05, 4.69) is 20.3 Å². The fourth-order valence-electron chi connectivity index (χ4n) is 2.06. The highest BCUT2D eigenvalue weighted by Crippen LogP contribution is 2.25. The molecule has 0 aliphatic rings. The second-order valence-corrected chi connectivity index (χ2v) is 5.12. The van der Waals surface area contributed by atoms with Crippen LogP contribution in [0.1, 0.15) is 19.4 Å². The monoisotopic (exact) mass is 335 g/mol. The van der Waals surface area contributed by atoms with Gasteiger partial charge in [-0.1, -0.05) is 0 Å². The van der Waals surface area contributed by atoms with Crippen molar-refractivity contribution in [1.82, 2.24) is 10.6 Å². The number of phenolic OH excluding ortho intramolecular Hbond substituents is 1. The maximum Gasteiger partial charge on any atom is 0.388 e. The summed E-state index contributed by atoms with van der Waals surface area (Å²) in [5.74, 6) is -1.78. The first-order chi connectivity index (χ1) is 11.3. The summed E-state index contributed by atoms with van der Waals surface area (Å²) in [6.45, 7) is 2.68. The maximum absolute atomic E-state index is 12.3. The average molecular weight is 335 g/mol. The lowest BCUT2D eigenvalue weighted by Gasteiger charge is -2.19. The largest absolute Gasteiger partial charge is 0.508 e. The van der Waals surface area contributed by atoms with Crippen molar-refractivity contribution in [2.45, 2.75) is 32.4 Å². The zero-order valence-corrected chi connectivity index (χ0v) is 13.6. The molecule has 0 saturated carbocycles. The van der Waals surface area contributed by atoms with Crippen molar-refractivity contribution in [3.05, 3.63) is 28.7 Å². The summed E-state index contributed by atoms with van der Waals surface area (Å²) in [7, 11) is 1.19. The number of nitrogens with zero attached hydrogens (tertiary/aromatic N) is 2. The Morgan fingerprint density at radius 2 is 2.00 bits per heavy atom. The number of hydrogen-bond acceptors (Lipinski definition) is 6. The number of diazo groups is 1. The van der Waals surface area contributed by atoms with Crippen LogP contribution in [-0.4, -0.2) is 42.1 Å². The van der Waals surface area contributed by atoms with E-state index in [1.54, 1.807) is 0 Å². The molecular weight excluding hydrogens is 316 g/mol. The quantitative estimate of drug-likeness (QED) is 0.515. The molecule has 0 fully saturated rings. The summed E-state index contributed by atoms with van der Waals surface area (Å²) in [6.07, 6.45) is -0.0485. The van der Waals surface area contributed by atoms with Gasteiger partial charge in [0.05, 0.1) is 12.7 Å². The van der Waals surface area contributed by atoms with Crippen LogP contribution in [0.15, 0.2) is 18.2 Å². The SMILES string of the molecule is COC(=O)[C@H](C)NC(=O)[C@H](Cc1cc(O)ccc1[N+]#N)NC(C)=O. The van der Waals surface area contributed by atoms with Crippen molar-refractivity contribution >= 4 is 23.5 Å². The van der Waals surface area contributed by atoms with Gasteiger partial charge in [0.25, 0.3) is 0 Å². The lowest BCUT2D eigenvalue weighted by molar-refractivity contribution is -0.144. The number of aromatic hydroxyl groups is 1. The molecule has 0 spiro atoms. The van der Waals surface area contributed by atoms with Crippen LogP contribution in [0.5, 0.6) is 5.75 Å². The van der Waals surface area contributed by atoms with Gasteiger partial charge >= 0.3 is 11.7 Å². The van der Waals surface area contributed by atoms with Gasteiger partial charge < -0.3 is 20.5 Å². The van der Waals surface area contributed by atoms with Crippen LogP contribution in [0.3, 0.4) is 0 Å². The molecule has 3 N–H and O–H groups in total. The van der Waals surface area contributed by atoms with Gasteiger partial charge in [-0.3, -0.25) is 9.59 Å². The number of esters is 1. The number of carbonyl (C=O) groups excluding carboxylic acids is 3. The predicted molar refractivity (Wildman–Crippen MR) is 83.8 cm³/mol. The van der Waals surface area contributed by atoms with Crippen LogP contribution >= 0.6 is 0 Å². The van der Waals surface area contributed by atoms with E-state index >= 15 is 0 Å². The highest BCUT2D eigenvalue weighted by molar-refractivity contribution is 5.90. The minimum Gasteiger partial charge on any atom is -0.508 e. The highest BCUT2D eigenvalue weighted by atomic mass is 16.5. The van der Waals surface area contributed by atoms with Crippen LogP contribution in [-0.2, 0) is 25.5 Å². The molecule has 1 aromatic rings. The first kappa shape index (κ1) is 18.9. The molecule has 0 aromatic heterocycles. The predicted octanol–water partition coefficient (Wildman–Crippen LogP) is 0.602. The molecule has 0 unspecified atom stereocenters. The number of benzene rings is 1. The highest BCUT2D eigenvalue weighted by Gasteiger charge is 2.27. The molecule has 0 saturated heterocycles. The molecule has 2 atom stereocenters. The van der Waals surface area contributed by atoms with Gasteiger partial charge in [0, 0.05) is 19.4 Å². The smallest absolute Gasteiger partial charge is 0.388 e. The van der Waals surface area contributed by atoms with Gasteiger partial charge in [0.2, 0.25) is 17.2 Å². The zero-order valence-electron chi connectivity index (χ0n) is 13.6. The molecule has 0 bridgehead atoms. The van der Waals surface area contributed by atoms with E-state index in [0.717, 1.165) is 0 Å². The van der Waals surface area contributed by atoms with E-state index in [4.69, 9.17) is 5.39 Å². The van der Waals surface area contributed by atoms with Crippen molar-refractivity contribution in [2.24, 2.45) is 0 Å². The lowest BCUT2D eigenvalue weighted by Crippen LogP contribution is -2.51. The third kappa shape index (κ3) is 5.24. The summed E-state index contributed by atoms with van der Waals surface area (Å²) in [5, 5.41) is 23.4. The van der Waals surface area contributed by atoms with Gasteiger partial charge in [-0.05, 0) is 19.1 Å². The van der Waals surface area contributed by atoms with Crippen molar-refractivity contribution < 1.29 is 24.2 Å². The van der Waals surface area contributed by atoms with Crippen molar-refractivity contribution in [3.63, 3.8) is 0 Å². The number of hydrogen-bond donors (Lipinski definition) is 3. The van der Waals surface area contributed by atoms with Crippen molar-refractivity contribution in [2.75, 3.05) is 7.11 Å². The minimum atomic E-state index is -1.03. The normalized spacial score (nSPS) is 12.4. The number of ether oxygens (including phenoxy) is 1. The van der Waals surface area contributed by atoms with E-state index in [0.29, 0.717) is 5.56 Å². The topological polar surface area (TPSA) is 133 Å². The van der Waals surface area contributed by atoms with E-state index < -0.39 is 29.9 Å². The Hall–Kier alpha value is -3.15. The van der Waals surface area contributed by atoms with E-state index in [9.17, 15) is 19.5 Å². The van der Waals surface area contributed by atoms with Crippen molar-refractivity contribution in [3.8, 4) is 5.75 Å². The summed E-state index contributed by atoms with van der Waals surface area (Å²) in [6, 6.07) is 2.08. The Bertz CT molecular complexity index is 683. The minimum absolute atomic E-state index is 0.0485. The number of methoxy groups -OCH3 is 1. The summed E-state index contributed by atoms with van der Waals surface area (Å²) in [5.41, 5.74) is 0.495. The molecule has 0 aliphatic carbocycles. The molecule has 0 radical (unpaired) electrons. The number of nitrogens with one attached hydrogen (secondary N) is 2. The van der Waals surface area contributed by atoms with Gasteiger partial charge in [-0.25, -0.2) is 4.79 Å². The molecule has 1 aromatic carbocycles. The molecule has 0 aliphatic heterocycles. The first-order valence-electron chi connectivity index (χ1n) is 7.10. The fraction of sp³-hybridized carbons (Fsp3) is 0.400. The number of rotatable bonds is 6. The summed E-state index contributed by atoms with van der Waals surface area (Å²) < 4.78 is 4.52. The second-order valence-electron chi connectivity index (χ2n) is 5.12. The van der Waals surface area contributed by atoms with Gasteiger partial charge in [0.1, 0.15) is 17.8 Å². The summed E-state index contributed by atoms with van der Waals surface area (Å²) >= 11 is 0. The van der Waals surface area contributed by atoms with E-state index in [1.165, 1.54) is 39.2 Å². The first-order valence-corrected chi connectivity index (χ1v) is 7.10. The van der Waals surface area contributed by atoms with Gasteiger partial charge in [-0.2, -0.15) is 0 Å². The molecule has 1 rings (SSSR count). The third-order valence-corrected chi connectivity index (χ3v) is 3.20. The van der Waals surface area contributed by atoms with Crippen molar-refractivity contribution in [1.29, 1.82) is 5.39 Å². The van der Waals surface area contributed by atoms with Crippen LogP contribution in [0.2, 0.25) is 0 Å². The molecule has 128 valence electrons. The molecule has 24 heavy (non-hydrogen) atoms. The average Bonchev–Trinajstić information content (AvgIpc) is 2.53. The van der Waals surface area contributed by atoms with E-state index in [-0.39, 0.29) is 17.9 Å². The Labute approximate surface area is 138 Å².